The lowest BCUT2D eigenvalue weighted by Crippen LogP contribution is -2.16. The van der Waals surface area contributed by atoms with Crippen LogP contribution in [0.1, 0.15) is 5.56 Å². The minimum Gasteiger partial charge on any atom is -0.490 e. The van der Waals surface area contributed by atoms with Crippen molar-refractivity contribution in [1.82, 2.24) is 20.3 Å². The quantitative estimate of drug-likeness (QED) is 0.492. The molecule has 0 bridgehead atoms. The van der Waals surface area contributed by atoms with Crippen molar-refractivity contribution in [2.45, 2.75) is 6.92 Å². The van der Waals surface area contributed by atoms with E-state index in [0.29, 0.717) is 17.9 Å². The molecule has 3 heterocycles. The fourth-order valence-electron chi connectivity index (χ4n) is 3.27. The number of ether oxygens (including phenoxy) is 1. The summed E-state index contributed by atoms with van der Waals surface area (Å²) in [5.41, 5.74) is 5.92. The molecule has 4 rings (SSSR count). The molecule has 1 aromatic carbocycles. The number of fused-ring (bicyclic) bond motifs is 1. The van der Waals surface area contributed by atoms with Crippen molar-refractivity contribution in [1.29, 1.82) is 0 Å². The average molecular weight is 376 g/mol. The molecule has 4 aromatic rings. The van der Waals surface area contributed by atoms with E-state index < -0.39 is 0 Å². The largest absolute Gasteiger partial charge is 0.490 e. The third kappa shape index (κ3) is 3.34. The molecular weight excluding hydrogens is 355 g/mol. The molecule has 2 N–H and O–H groups in total. The molecule has 3 aromatic heterocycles. The van der Waals surface area contributed by atoms with Gasteiger partial charge in [0, 0.05) is 30.1 Å². The van der Waals surface area contributed by atoms with Gasteiger partial charge in [-0.05, 0) is 55.4 Å². The summed E-state index contributed by atoms with van der Waals surface area (Å²) in [5, 5.41) is 3.07. The van der Waals surface area contributed by atoms with Gasteiger partial charge < -0.3 is 15.0 Å². The van der Waals surface area contributed by atoms with Gasteiger partial charge in [0.05, 0.1) is 22.9 Å². The number of hydrogen-bond donors (Lipinski definition) is 2. The van der Waals surface area contributed by atoms with Gasteiger partial charge in [0.1, 0.15) is 18.2 Å². The molecule has 0 saturated carbocycles. The van der Waals surface area contributed by atoms with Gasteiger partial charge in [0.15, 0.2) is 0 Å². The van der Waals surface area contributed by atoms with Crippen molar-refractivity contribution in [3.63, 3.8) is 0 Å². The Labute approximate surface area is 162 Å². The lowest BCUT2D eigenvalue weighted by molar-refractivity contribution is 0.318. The zero-order chi connectivity index (χ0) is 19.5. The molecule has 6 heteroatoms. The molecule has 0 spiro atoms. The maximum absolute atomic E-state index is 13.9. The summed E-state index contributed by atoms with van der Waals surface area (Å²) >= 11 is 0. The van der Waals surface area contributed by atoms with Crippen LogP contribution < -0.4 is 10.1 Å². The van der Waals surface area contributed by atoms with E-state index in [9.17, 15) is 4.39 Å². The molecular formula is C22H21FN4O. The fraction of sp³-hybridized carbons (Fsp3) is 0.182. The molecule has 0 fully saturated rings. The van der Waals surface area contributed by atoms with E-state index in [1.165, 1.54) is 6.07 Å². The highest BCUT2D eigenvalue weighted by Gasteiger charge is 2.19. The first-order valence-electron chi connectivity index (χ1n) is 9.14. The van der Waals surface area contributed by atoms with Crippen LogP contribution in [0, 0.1) is 12.7 Å². The normalized spacial score (nSPS) is 11.1. The number of aryl methyl sites for hydroxylation is 1. The van der Waals surface area contributed by atoms with Crippen LogP contribution in [0.5, 0.6) is 5.75 Å². The molecule has 0 aliphatic heterocycles. The van der Waals surface area contributed by atoms with Crippen molar-refractivity contribution in [2.75, 3.05) is 20.2 Å². The number of nitrogens with one attached hydrogen (secondary N) is 2. The Kier molecular flexibility index (Phi) is 5.04. The second kappa shape index (κ2) is 7.78. The van der Waals surface area contributed by atoms with Crippen LogP contribution in [-0.4, -0.2) is 35.2 Å². The Morgan fingerprint density at radius 3 is 2.89 bits per heavy atom. The number of pyridine rings is 2. The highest BCUT2D eigenvalue weighted by Crippen LogP contribution is 2.40. The van der Waals surface area contributed by atoms with Crippen LogP contribution in [0.4, 0.5) is 4.39 Å². The third-order valence-corrected chi connectivity index (χ3v) is 4.66. The first-order chi connectivity index (χ1) is 13.7. The Bertz CT molecular complexity index is 1120. The minimum atomic E-state index is -0.224. The van der Waals surface area contributed by atoms with Gasteiger partial charge in [-0.3, -0.25) is 9.97 Å². The molecule has 0 unspecified atom stereocenters. The SMILES string of the molecule is CNCCOc1cnccc1-c1[nH]c2cccnc2c1-c1ccc(F)c(C)c1. The van der Waals surface area contributed by atoms with E-state index in [-0.39, 0.29) is 5.82 Å². The maximum Gasteiger partial charge on any atom is 0.146 e. The van der Waals surface area contributed by atoms with Crippen molar-refractivity contribution < 1.29 is 9.13 Å². The lowest BCUT2D eigenvalue weighted by Gasteiger charge is -2.12. The monoisotopic (exact) mass is 376 g/mol. The van der Waals surface area contributed by atoms with Gasteiger partial charge in [-0.2, -0.15) is 0 Å². The van der Waals surface area contributed by atoms with E-state index in [2.05, 4.69) is 20.3 Å². The zero-order valence-electron chi connectivity index (χ0n) is 15.8. The summed E-state index contributed by atoms with van der Waals surface area (Å²) in [6, 6.07) is 10.9. The van der Waals surface area contributed by atoms with Crippen LogP contribution in [-0.2, 0) is 0 Å². The second-order valence-corrected chi connectivity index (χ2v) is 6.56. The van der Waals surface area contributed by atoms with Gasteiger partial charge in [-0.1, -0.05) is 6.07 Å². The second-order valence-electron chi connectivity index (χ2n) is 6.56. The molecule has 0 saturated heterocycles. The number of nitrogens with zero attached hydrogens (tertiary/aromatic N) is 2. The highest BCUT2D eigenvalue weighted by atomic mass is 19.1. The molecule has 0 aliphatic rings. The van der Waals surface area contributed by atoms with E-state index >= 15 is 0 Å². The molecule has 0 amide bonds. The number of rotatable bonds is 6. The Morgan fingerprint density at radius 1 is 1.18 bits per heavy atom. The van der Waals surface area contributed by atoms with E-state index in [0.717, 1.165) is 40.0 Å². The van der Waals surface area contributed by atoms with Gasteiger partial charge >= 0.3 is 0 Å². The smallest absolute Gasteiger partial charge is 0.146 e. The van der Waals surface area contributed by atoms with Gasteiger partial charge in [0.2, 0.25) is 0 Å². The standard InChI is InChI=1S/C22H21FN4O/c1-14-12-15(5-6-17(14)23)20-21(27-18-4-3-8-26-22(18)20)16-7-9-25-13-19(16)28-11-10-24-2/h3-9,12-13,24,27H,10-11H2,1-2H3. The highest BCUT2D eigenvalue weighted by molar-refractivity contribution is 6.02. The van der Waals surface area contributed by atoms with Crippen LogP contribution >= 0.6 is 0 Å². The van der Waals surface area contributed by atoms with Crippen molar-refractivity contribution in [3.8, 4) is 28.1 Å². The van der Waals surface area contributed by atoms with E-state index in [1.807, 2.05) is 31.3 Å². The van der Waals surface area contributed by atoms with Crippen molar-refractivity contribution in [3.05, 3.63) is 66.4 Å². The molecule has 0 atom stereocenters. The van der Waals surface area contributed by atoms with Gasteiger partial charge in [-0.15, -0.1) is 0 Å². The van der Waals surface area contributed by atoms with Crippen molar-refractivity contribution in [2.24, 2.45) is 0 Å². The van der Waals surface area contributed by atoms with Crippen LogP contribution in [0.3, 0.4) is 0 Å². The number of aromatic amines is 1. The topological polar surface area (TPSA) is 62.8 Å². The van der Waals surface area contributed by atoms with E-state index in [4.69, 9.17) is 4.74 Å². The summed E-state index contributed by atoms with van der Waals surface area (Å²) < 4.78 is 19.8. The molecule has 5 nitrogen and oxygen atoms in total. The van der Waals surface area contributed by atoms with E-state index in [1.54, 1.807) is 31.6 Å². The first-order valence-corrected chi connectivity index (χ1v) is 9.14. The Balaban J connectivity index is 1.92. The Morgan fingerprint density at radius 2 is 2.07 bits per heavy atom. The number of aromatic nitrogens is 3. The number of H-pyrrole nitrogens is 1. The zero-order valence-corrected chi connectivity index (χ0v) is 15.8. The summed E-state index contributed by atoms with van der Waals surface area (Å²) in [6.45, 7) is 3.02. The van der Waals surface area contributed by atoms with Gasteiger partial charge in [-0.25, -0.2) is 4.39 Å². The fourth-order valence-corrected chi connectivity index (χ4v) is 3.27. The summed E-state index contributed by atoms with van der Waals surface area (Å²) in [7, 11) is 1.88. The molecule has 0 aliphatic carbocycles. The molecule has 142 valence electrons. The average Bonchev–Trinajstić information content (AvgIpc) is 3.10. The van der Waals surface area contributed by atoms with Crippen LogP contribution in [0.2, 0.25) is 0 Å². The number of likely N-dealkylation sites (N-methyl/N-ethyl adjacent to an activating group) is 1. The predicted octanol–water partition coefficient (Wildman–Crippen LogP) is 4.34. The van der Waals surface area contributed by atoms with Gasteiger partial charge in [0.25, 0.3) is 0 Å². The first kappa shape index (κ1) is 18.1. The number of halogens is 1. The van der Waals surface area contributed by atoms with Crippen molar-refractivity contribution >= 4 is 11.0 Å². The summed E-state index contributed by atoms with van der Waals surface area (Å²) in [6.07, 6.45) is 5.21. The minimum absolute atomic E-state index is 0.224. The maximum atomic E-state index is 13.9. The third-order valence-electron chi connectivity index (χ3n) is 4.66. The van der Waals surface area contributed by atoms with Crippen LogP contribution in [0.25, 0.3) is 33.4 Å². The molecule has 28 heavy (non-hydrogen) atoms. The Hall–Kier alpha value is -3.25. The molecule has 0 radical (unpaired) electrons. The predicted molar refractivity (Wildman–Crippen MR) is 109 cm³/mol. The lowest BCUT2D eigenvalue weighted by atomic mass is 9.99. The summed E-state index contributed by atoms with van der Waals surface area (Å²) in [4.78, 5) is 12.2. The number of benzene rings is 1. The summed E-state index contributed by atoms with van der Waals surface area (Å²) in [5.74, 6) is 0.461. The number of hydrogen-bond acceptors (Lipinski definition) is 4. The van der Waals surface area contributed by atoms with Crippen LogP contribution in [0.15, 0.2) is 55.0 Å².